The van der Waals surface area contributed by atoms with E-state index in [1.54, 1.807) is 25.2 Å². The van der Waals surface area contributed by atoms with E-state index in [1.807, 2.05) is 0 Å². The fourth-order valence-corrected chi connectivity index (χ4v) is 3.91. The van der Waals surface area contributed by atoms with Gasteiger partial charge in [0.15, 0.2) is 5.75 Å². The molecule has 1 aliphatic carbocycles. The molecule has 3 heterocycles. The largest absolute Gasteiger partial charge is 0.489 e. The van der Waals surface area contributed by atoms with Gasteiger partial charge in [0.25, 0.3) is 17.8 Å². The number of fused-ring (bicyclic) bond motifs is 1. The summed E-state index contributed by atoms with van der Waals surface area (Å²) in [6.45, 7) is -0.0935. The Bertz CT molecular complexity index is 1430. The number of nitrogens with zero attached hydrogens (tertiary/aromatic N) is 3. The number of anilines is 1. The van der Waals surface area contributed by atoms with Gasteiger partial charge in [-0.05, 0) is 55.7 Å². The third-order valence-electron chi connectivity index (χ3n) is 6.20. The van der Waals surface area contributed by atoms with E-state index in [-0.39, 0.29) is 29.7 Å². The summed E-state index contributed by atoms with van der Waals surface area (Å²) >= 11 is 0. The zero-order valence-corrected chi connectivity index (χ0v) is 19.9. The molecule has 0 saturated heterocycles. The lowest BCUT2D eigenvalue weighted by molar-refractivity contribution is -0.120. The van der Waals surface area contributed by atoms with Crippen LogP contribution in [0.25, 0.3) is 0 Å². The lowest BCUT2D eigenvalue weighted by atomic mass is 9.81. The smallest absolute Gasteiger partial charge is 0.270 e. The van der Waals surface area contributed by atoms with Gasteiger partial charge in [-0.2, -0.15) is 4.39 Å². The maximum atomic E-state index is 13.8. The van der Waals surface area contributed by atoms with Crippen molar-refractivity contribution in [2.24, 2.45) is 0 Å². The molecule has 1 unspecified atom stereocenters. The zero-order chi connectivity index (χ0) is 26.0. The van der Waals surface area contributed by atoms with Crippen LogP contribution in [0.4, 0.5) is 10.1 Å². The number of hydrogen-bond donors (Lipinski definition) is 2. The lowest BCUT2D eigenvalue weighted by Gasteiger charge is -2.30. The van der Waals surface area contributed by atoms with Crippen molar-refractivity contribution in [3.05, 3.63) is 72.1 Å². The van der Waals surface area contributed by atoms with Crippen LogP contribution in [0.5, 0.6) is 17.2 Å². The second-order valence-corrected chi connectivity index (χ2v) is 8.82. The van der Waals surface area contributed by atoms with Gasteiger partial charge in [-0.3, -0.25) is 14.6 Å². The summed E-state index contributed by atoms with van der Waals surface area (Å²) in [7, 11) is 1.58. The van der Waals surface area contributed by atoms with Gasteiger partial charge in [-0.25, -0.2) is 4.98 Å². The molecule has 0 radical (unpaired) electrons. The zero-order valence-electron chi connectivity index (χ0n) is 19.9. The highest BCUT2D eigenvalue weighted by Crippen LogP contribution is 2.33. The summed E-state index contributed by atoms with van der Waals surface area (Å²) in [6, 6.07) is 9.92. The highest BCUT2D eigenvalue weighted by molar-refractivity contribution is 6.03. The van der Waals surface area contributed by atoms with E-state index in [1.165, 1.54) is 41.6 Å². The lowest BCUT2D eigenvalue weighted by Crippen LogP contribution is -2.49. The molecular weight excluding hydrogens is 479 g/mol. The number of aromatic nitrogens is 2. The SMILES string of the molecule is CN1C(=O)C(NC(=O)c2cc(Oc3cccnc3F)ccn2)COc2ccc(C#CC3(O)CCC3)cc21. The summed E-state index contributed by atoms with van der Waals surface area (Å²) in [5, 5.41) is 12.9. The second kappa shape index (κ2) is 9.87. The van der Waals surface area contributed by atoms with E-state index in [4.69, 9.17) is 9.47 Å². The minimum atomic E-state index is -0.989. The first-order chi connectivity index (χ1) is 17.8. The molecule has 37 heavy (non-hydrogen) atoms. The van der Waals surface area contributed by atoms with Crippen LogP contribution in [0.1, 0.15) is 35.3 Å². The molecule has 1 aromatic carbocycles. The van der Waals surface area contributed by atoms with Gasteiger partial charge in [0.05, 0.1) is 5.69 Å². The number of rotatable bonds is 4. The third kappa shape index (κ3) is 5.22. The van der Waals surface area contributed by atoms with Crippen LogP contribution in [0.15, 0.2) is 54.9 Å². The van der Waals surface area contributed by atoms with E-state index >= 15 is 0 Å². The average Bonchev–Trinajstić information content (AvgIpc) is 3.00. The van der Waals surface area contributed by atoms with Crippen LogP contribution in [-0.4, -0.2) is 52.2 Å². The number of aliphatic hydroxyl groups is 1. The number of carbonyl (C=O) groups excluding carboxylic acids is 2. The highest BCUT2D eigenvalue weighted by atomic mass is 19.1. The van der Waals surface area contributed by atoms with Crippen LogP contribution in [0.2, 0.25) is 0 Å². The number of nitrogens with one attached hydrogen (secondary N) is 1. The van der Waals surface area contributed by atoms with Gasteiger partial charge in [-0.1, -0.05) is 11.8 Å². The highest BCUT2D eigenvalue weighted by Gasteiger charge is 2.33. The van der Waals surface area contributed by atoms with E-state index in [2.05, 4.69) is 27.1 Å². The Morgan fingerprint density at radius 2 is 2.08 bits per heavy atom. The summed E-state index contributed by atoms with van der Waals surface area (Å²) in [5.41, 5.74) is 0.172. The van der Waals surface area contributed by atoms with Crippen LogP contribution in [0, 0.1) is 17.8 Å². The van der Waals surface area contributed by atoms with Crippen LogP contribution >= 0.6 is 0 Å². The van der Waals surface area contributed by atoms with Gasteiger partial charge in [0.1, 0.15) is 35.4 Å². The van der Waals surface area contributed by atoms with E-state index in [9.17, 15) is 19.1 Å². The van der Waals surface area contributed by atoms with Gasteiger partial charge >= 0.3 is 0 Å². The van der Waals surface area contributed by atoms with Gasteiger partial charge in [0, 0.05) is 31.1 Å². The van der Waals surface area contributed by atoms with E-state index in [0.717, 1.165) is 6.42 Å². The molecule has 2 aromatic heterocycles. The van der Waals surface area contributed by atoms with Gasteiger partial charge in [-0.15, -0.1) is 0 Å². The summed E-state index contributed by atoms with van der Waals surface area (Å²) in [4.78, 5) is 35.0. The van der Waals surface area contributed by atoms with Crippen LogP contribution in [-0.2, 0) is 4.79 Å². The van der Waals surface area contributed by atoms with Crippen molar-refractivity contribution < 1.29 is 28.6 Å². The Labute approximate surface area is 212 Å². The maximum Gasteiger partial charge on any atom is 0.270 e. The predicted octanol–water partition coefficient (Wildman–Crippen LogP) is 2.83. The molecular formula is C27H23FN4O5. The standard InChI is InChI=1S/C27H23FN4O5/c1-32-21-14-17(7-11-27(35)9-3-10-27)5-6-22(21)36-16-20(26(32)34)31-25(33)19-15-18(8-13-29-19)37-23-4-2-12-30-24(23)28/h2,4-6,8,12-15,20,35H,3,9-10,16H2,1H3,(H,31,33). The minimum Gasteiger partial charge on any atom is -0.489 e. The molecule has 1 fully saturated rings. The van der Waals surface area contributed by atoms with Crippen molar-refractivity contribution >= 4 is 17.5 Å². The number of benzene rings is 1. The first kappa shape index (κ1) is 24.2. The minimum absolute atomic E-state index is 0.0227. The van der Waals surface area contributed by atoms with Crippen LogP contribution in [0.3, 0.4) is 0 Å². The van der Waals surface area contributed by atoms with Crippen molar-refractivity contribution in [2.45, 2.75) is 30.9 Å². The van der Waals surface area contributed by atoms with Gasteiger partial charge < -0.3 is 24.8 Å². The molecule has 2 aliphatic rings. The monoisotopic (exact) mass is 502 g/mol. The molecule has 0 bridgehead atoms. The number of halogens is 1. The van der Waals surface area contributed by atoms with E-state index in [0.29, 0.717) is 29.8 Å². The average molecular weight is 503 g/mol. The molecule has 2 amide bonds. The quantitative estimate of drug-likeness (QED) is 0.417. The number of pyridine rings is 2. The van der Waals surface area contributed by atoms with Crippen LogP contribution < -0.4 is 19.7 Å². The molecule has 5 rings (SSSR count). The second-order valence-electron chi connectivity index (χ2n) is 8.82. The Hall–Kier alpha value is -4.49. The summed E-state index contributed by atoms with van der Waals surface area (Å²) < 4.78 is 25.1. The molecule has 2 N–H and O–H groups in total. The number of amides is 2. The first-order valence-electron chi connectivity index (χ1n) is 11.7. The van der Waals surface area contributed by atoms with Crippen molar-refractivity contribution in [2.75, 3.05) is 18.6 Å². The molecule has 9 nitrogen and oxygen atoms in total. The Balaban J connectivity index is 1.29. The number of ether oxygens (including phenoxy) is 2. The third-order valence-corrected chi connectivity index (χ3v) is 6.20. The number of carbonyl (C=O) groups is 2. The Morgan fingerprint density at radius 1 is 1.24 bits per heavy atom. The molecule has 1 atom stereocenters. The van der Waals surface area contributed by atoms with E-state index < -0.39 is 23.5 Å². The summed E-state index contributed by atoms with van der Waals surface area (Å²) in [6.07, 6.45) is 4.89. The predicted molar refractivity (Wildman–Crippen MR) is 131 cm³/mol. The Morgan fingerprint density at radius 3 is 2.84 bits per heavy atom. The molecule has 1 aliphatic heterocycles. The van der Waals surface area contributed by atoms with Crippen molar-refractivity contribution in [3.63, 3.8) is 0 Å². The fraction of sp³-hybridized carbons (Fsp3) is 0.259. The maximum absolute atomic E-state index is 13.8. The first-order valence-corrected chi connectivity index (χ1v) is 11.7. The molecule has 1 saturated carbocycles. The van der Waals surface area contributed by atoms with Crippen molar-refractivity contribution in [1.82, 2.24) is 15.3 Å². The van der Waals surface area contributed by atoms with Crippen molar-refractivity contribution in [1.29, 1.82) is 0 Å². The number of hydrogen-bond acceptors (Lipinski definition) is 7. The normalized spacial score (nSPS) is 17.8. The van der Waals surface area contributed by atoms with Gasteiger partial charge in [0.2, 0.25) is 0 Å². The Kier molecular flexibility index (Phi) is 6.46. The number of likely N-dealkylation sites (N-methyl/N-ethyl adjacent to an activating group) is 1. The topological polar surface area (TPSA) is 114 Å². The molecule has 3 aromatic rings. The fourth-order valence-electron chi connectivity index (χ4n) is 3.91. The molecule has 10 heteroatoms. The van der Waals surface area contributed by atoms with Crippen molar-refractivity contribution in [3.8, 4) is 29.1 Å². The summed E-state index contributed by atoms with van der Waals surface area (Å²) in [5.74, 6) is 4.61. The molecule has 0 spiro atoms. The molecule has 188 valence electrons.